The normalized spacial score (nSPS) is 27.4. The van der Waals surface area contributed by atoms with Crippen LogP contribution in [0.15, 0.2) is 0 Å². The molecule has 1 aliphatic carbocycles. The highest BCUT2D eigenvalue weighted by Gasteiger charge is 2.31. The molecular formula is C10H15BrO3. The summed E-state index contributed by atoms with van der Waals surface area (Å²) in [5, 5.41) is 0. The van der Waals surface area contributed by atoms with Crippen molar-refractivity contribution in [2.75, 3.05) is 6.61 Å². The predicted molar refractivity (Wildman–Crippen MR) is 56.3 cm³/mol. The van der Waals surface area contributed by atoms with Gasteiger partial charge in [-0.15, -0.1) is 0 Å². The number of hydrogen-bond acceptors (Lipinski definition) is 3. The monoisotopic (exact) mass is 262 g/mol. The molecule has 0 heterocycles. The fourth-order valence-electron chi connectivity index (χ4n) is 1.71. The van der Waals surface area contributed by atoms with Crippen molar-refractivity contribution in [1.82, 2.24) is 0 Å². The van der Waals surface area contributed by atoms with Crippen molar-refractivity contribution in [1.29, 1.82) is 0 Å². The van der Waals surface area contributed by atoms with E-state index in [0.29, 0.717) is 6.61 Å². The Bertz CT molecular complexity index is 227. The third-order valence-electron chi connectivity index (χ3n) is 2.44. The molecule has 1 saturated carbocycles. The van der Waals surface area contributed by atoms with Crippen molar-refractivity contribution < 1.29 is 14.3 Å². The second-order valence-corrected chi connectivity index (χ2v) is 4.61. The van der Waals surface area contributed by atoms with Crippen LogP contribution in [0, 0.1) is 5.92 Å². The maximum absolute atomic E-state index is 11.6. The molecule has 80 valence electrons. The average Bonchev–Trinajstić information content (AvgIpc) is 2.13. The van der Waals surface area contributed by atoms with Crippen LogP contribution in [0.4, 0.5) is 0 Å². The number of alkyl halides is 1. The molecule has 0 N–H and O–H groups in total. The van der Waals surface area contributed by atoms with E-state index in [1.54, 1.807) is 6.92 Å². The number of halogens is 1. The standard InChI is InChI=1S/C10H15BrO3/c1-2-14-9(12)6-7-4-3-5-8(11)10(7)13/h7-8H,2-6H2,1H3. The lowest BCUT2D eigenvalue weighted by atomic mass is 9.86. The Morgan fingerprint density at radius 1 is 1.57 bits per heavy atom. The van der Waals surface area contributed by atoms with Gasteiger partial charge in [0.25, 0.3) is 0 Å². The molecule has 0 spiro atoms. The van der Waals surface area contributed by atoms with Crippen LogP contribution in [0.5, 0.6) is 0 Å². The van der Waals surface area contributed by atoms with Gasteiger partial charge in [0.05, 0.1) is 17.9 Å². The lowest BCUT2D eigenvalue weighted by Gasteiger charge is -2.23. The van der Waals surface area contributed by atoms with Gasteiger partial charge in [-0.1, -0.05) is 22.4 Å². The van der Waals surface area contributed by atoms with Gasteiger partial charge in [0.2, 0.25) is 0 Å². The van der Waals surface area contributed by atoms with Crippen LogP contribution in [0.3, 0.4) is 0 Å². The summed E-state index contributed by atoms with van der Waals surface area (Å²) in [6.07, 6.45) is 2.96. The Kier molecular flexibility index (Phi) is 4.58. The van der Waals surface area contributed by atoms with Crippen LogP contribution >= 0.6 is 15.9 Å². The minimum atomic E-state index is -0.257. The number of ether oxygens (including phenoxy) is 1. The van der Waals surface area contributed by atoms with Crippen LogP contribution in [-0.2, 0) is 14.3 Å². The van der Waals surface area contributed by atoms with Gasteiger partial charge in [-0.05, 0) is 19.8 Å². The summed E-state index contributed by atoms with van der Waals surface area (Å²) in [4.78, 5) is 22.7. The molecule has 2 unspecified atom stereocenters. The zero-order valence-electron chi connectivity index (χ0n) is 8.29. The molecule has 0 aromatic heterocycles. The van der Waals surface area contributed by atoms with Gasteiger partial charge < -0.3 is 4.74 Å². The third kappa shape index (κ3) is 3.08. The number of rotatable bonds is 3. The van der Waals surface area contributed by atoms with E-state index in [-0.39, 0.29) is 28.9 Å². The SMILES string of the molecule is CCOC(=O)CC1CCCC(Br)C1=O. The number of esters is 1. The first-order chi connectivity index (χ1) is 6.65. The number of Topliss-reactive ketones (excluding diaryl/α,β-unsaturated/α-hetero) is 1. The number of carbonyl (C=O) groups excluding carboxylic acids is 2. The quantitative estimate of drug-likeness (QED) is 0.578. The van der Waals surface area contributed by atoms with E-state index in [2.05, 4.69) is 15.9 Å². The smallest absolute Gasteiger partial charge is 0.306 e. The first-order valence-electron chi connectivity index (χ1n) is 4.98. The zero-order chi connectivity index (χ0) is 10.6. The number of hydrogen-bond donors (Lipinski definition) is 0. The lowest BCUT2D eigenvalue weighted by Crippen LogP contribution is -2.30. The molecule has 0 aromatic rings. The summed E-state index contributed by atoms with van der Waals surface area (Å²) in [5.74, 6) is -0.232. The van der Waals surface area contributed by atoms with Gasteiger partial charge in [0.1, 0.15) is 5.78 Å². The number of carbonyl (C=O) groups is 2. The van der Waals surface area contributed by atoms with E-state index in [1.165, 1.54) is 0 Å². The fraction of sp³-hybridized carbons (Fsp3) is 0.800. The van der Waals surface area contributed by atoms with Crippen molar-refractivity contribution in [3.05, 3.63) is 0 Å². The molecule has 3 nitrogen and oxygen atoms in total. The lowest BCUT2D eigenvalue weighted by molar-refractivity contribution is -0.146. The predicted octanol–water partition coefficient (Wildman–Crippen LogP) is 2.07. The molecule has 4 heteroatoms. The second-order valence-electron chi connectivity index (χ2n) is 3.51. The summed E-state index contributed by atoms with van der Waals surface area (Å²) in [7, 11) is 0. The van der Waals surface area contributed by atoms with Crippen molar-refractivity contribution in [2.24, 2.45) is 5.92 Å². The molecule has 0 bridgehead atoms. The Balaban J connectivity index is 2.43. The largest absolute Gasteiger partial charge is 0.466 e. The summed E-state index contributed by atoms with van der Waals surface area (Å²) < 4.78 is 4.82. The van der Waals surface area contributed by atoms with Gasteiger partial charge >= 0.3 is 5.97 Å². The molecule has 1 aliphatic rings. The average molecular weight is 263 g/mol. The van der Waals surface area contributed by atoms with Gasteiger partial charge in [0, 0.05) is 5.92 Å². The highest BCUT2D eigenvalue weighted by Crippen LogP contribution is 2.28. The highest BCUT2D eigenvalue weighted by atomic mass is 79.9. The Morgan fingerprint density at radius 2 is 2.29 bits per heavy atom. The van der Waals surface area contributed by atoms with Crippen molar-refractivity contribution in [3.8, 4) is 0 Å². The van der Waals surface area contributed by atoms with Crippen LogP contribution in [0.2, 0.25) is 0 Å². The molecule has 2 atom stereocenters. The first-order valence-corrected chi connectivity index (χ1v) is 5.90. The molecule has 0 amide bonds. The van der Waals surface area contributed by atoms with Gasteiger partial charge in [-0.2, -0.15) is 0 Å². The minimum Gasteiger partial charge on any atom is -0.466 e. The van der Waals surface area contributed by atoms with E-state index < -0.39 is 0 Å². The van der Waals surface area contributed by atoms with Crippen molar-refractivity contribution in [2.45, 2.75) is 37.4 Å². The van der Waals surface area contributed by atoms with Crippen LogP contribution in [0.25, 0.3) is 0 Å². The second kappa shape index (κ2) is 5.49. The molecule has 0 aromatic carbocycles. The maximum Gasteiger partial charge on any atom is 0.306 e. The molecule has 1 fully saturated rings. The molecular weight excluding hydrogens is 248 g/mol. The first kappa shape index (κ1) is 11.7. The fourth-order valence-corrected chi connectivity index (χ4v) is 2.41. The van der Waals surface area contributed by atoms with E-state index in [1.807, 2.05) is 0 Å². The van der Waals surface area contributed by atoms with Gasteiger partial charge in [0.15, 0.2) is 0 Å². The van der Waals surface area contributed by atoms with E-state index in [9.17, 15) is 9.59 Å². The van der Waals surface area contributed by atoms with Crippen LogP contribution in [-0.4, -0.2) is 23.2 Å². The minimum absolute atomic E-state index is 0.0596. The van der Waals surface area contributed by atoms with Crippen molar-refractivity contribution in [3.63, 3.8) is 0 Å². The number of ketones is 1. The Hall–Kier alpha value is -0.380. The van der Waals surface area contributed by atoms with Gasteiger partial charge in [-0.25, -0.2) is 0 Å². The topological polar surface area (TPSA) is 43.4 Å². The zero-order valence-corrected chi connectivity index (χ0v) is 9.88. The summed E-state index contributed by atoms with van der Waals surface area (Å²) in [6.45, 7) is 2.16. The Morgan fingerprint density at radius 3 is 2.93 bits per heavy atom. The molecule has 0 aliphatic heterocycles. The van der Waals surface area contributed by atoms with E-state index >= 15 is 0 Å². The summed E-state index contributed by atoms with van der Waals surface area (Å²) >= 11 is 3.32. The molecule has 1 rings (SSSR count). The van der Waals surface area contributed by atoms with Crippen molar-refractivity contribution >= 4 is 27.7 Å². The molecule has 14 heavy (non-hydrogen) atoms. The highest BCUT2D eigenvalue weighted by molar-refractivity contribution is 9.10. The van der Waals surface area contributed by atoms with Crippen LogP contribution < -0.4 is 0 Å². The van der Waals surface area contributed by atoms with Crippen LogP contribution in [0.1, 0.15) is 32.6 Å². The maximum atomic E-state index is 11.6. The van der Waals surface area contributed by atoms with E-state index in [4.69, 9.17) is 4.74 Å². The summed E-state index contributed by atoms with van der Waals surface area (Å²) in [5.41, 5.74) is 0. The Labute approximate surface area is 92.3 Å². The molecule has 0 saturated heterocycles. The van der Waals surface area contributed by atoms with Gasteiger partial charge in [-0.3, -0.25) is 9.59 Å². The third-order valence-corrected chi connectivity index (χ3v) is 3.35. The summed E-state index contributed by atoms with van der Waals surface area (Å²) in [6, 6.07) is 0. The molecule has 0 radical (unpaired) electrons. The van der Waals surface area contributed by atoms with E-state index in [0.717, 1.165) is 19.3 Å².